The van der Waals surface area contributed by atoms with E-state index in [1.54, 1.807) is 0 Å². The van der Waals surface area contributed by atoms with Gasteiger partial charge in [0.15, 0.2) is 0 Å². The second kappa shape index (κ2) is 7.82. The van der Waals surface area contributed by atoms with Gasteiger partial charge in [-0.25, -0.2) is 4.79 Å². The maximum Gasteiger partial charge on any atom is 0.319 e. The van der Waals surface area contributed by atoms with Crippen molar-refractivity contribution in [2.45, 2.75) is 39.2 Å². The first-order valence-corrected chi connectivity index (χ1v) is 7.95. The lowest BCUT2D eigenvalue weighted by atomic mass is 10.0. The minimum Gasteiger partial charge on any atom is -0.343 e. The van der Waals surface area contributed by atoms with E-state index in [2.05, 4.69) is 24.5 Å². The molecule has 0 spiro atoms. The van der Waals surface area contributed by atoms with E-state index in [0.29, 0.717) is 12.3 Å². The molecule has 1 aromatic carbocycles. The predicted molar refractivity (Wildman–Crippen MR) is 87.7 cm³/mol. The second-order valence-electron chi connectivity index (χ2n) is 6.22. The van der Waals surface area contributed by atoms with E-state index in [1.807, 2.05) is 35.2 Å². The third-order valence-corrected chi connectivity index (χ3v) is 3.80. The van der Waals surface area contributed by atoms with Crippen molar-refractivity contribution in [3.63, 3.8) is 0 Å². The molecule has 5 nitrogen and oxygen atoms in total. The number of hydrogen-bond acceptors (Lipinski definition) is 2. The molecule has 0 bridgehead atoms. The molecule has 0 saturated carbocycles. The van der Waals surface area contributed by atoms with Crippen molar-refractivity contribution >= 4 is 17.6 Å². The number of carbonyl (C=O) groups excluding carboxylic acids is 2. The van der Waals surface area contributed by atoms with Gasteiger partial charge in [-0.2, -0.15) is 0 Å². The van der Waals surface area contributed by atoms with Gasteiger partial charge >= 0.3 is 6.03 Å². The number of likely N-dealkylation sites (tertiary alicyclic amines) is 1. The van der Waals surface area contributed by atoms with Gasteiger partial charge in [0.2, 0.25) is 5.91 Å². The molecule has 0 radical (unpaired) electrons. The van der Waals surface area contributed by atoms with Gasteiger partial charge in [0, 0.05) is 31.2 Å². The molecule has 0 unspecified atom stereocenters. The highest BCUT2D eigenvalue weighted by Gasteiger charge is 2.24. The maximum atomic E-state index is 12.0. The molecule has 0 aromatic heterocycles. The Balaban J connectivity index is 1.73. The van der Waals surface area contributed by atoms with Crippen molar-refractivity contribution in [3.8, 4) is 0 Å². The minimum atomic E-state index is -0.182. The molecule has 120 valence electrons. The number of nitrogens with zero attached hydrogens (tertiary/aromatic N) is 1. The fourth-order valence-electron chi connectivity index (χ4n) is 2.63. The van der Waals surface area contributed by atoms with Crippen LogP contribution in [0.2, 0.25) is 0 Å². The van der Waals surface area contributed by atoms with E-state index in [9.17, 15) is 9.59 Å². The number of piperidine rings is 1. The van der Waals surface area contributed by atoms with Gasteiger partial charge in [0.05, 0.1) is 0 Å². The molecule has 1 aliphatic rings. The molecule has 3 amide bonds. The van der Waals surface area contributed by atoms with E-state index >= 15 is 0 Å². The first-order valence-electron chi connectivity index (χ1n) is 7.95. The Hall–Kier alpha value is -2.04. The van der Waals surface area contributed by atoms with Gasteiger partial charge < -0.3 is 15.5 Å². The molecule has 1 aliphatic heterocycles. The maximum absolute atomic E-state index is 12.0. The number of urea groups is 1. The molecule has 0 aliphatic carbocycles. The van der Waals surface area contributed by atoms with Crippen molar-refractivity contribution in [3.05, 3.63) is 30.3 Å². The van der Waals surface area contributed by atoms with Crippen LogP contribution < -0.4 is 10.6 Å². The fraction of sp³-hybridized carbons (Fsp3) is 0.529. The van der Waals surface area contributed by atoms with Gasteiger partial charge in [-0.1, -0.05) is 32.0 Å². The summed E-state index contributed by atoms with van der Waals surface area (Å²) in [6.07, 6.45) is 2.23. The van der Waals surface area contributed by atoms with Crippen LogP contribution in [0.4, 0.5) is 10.5 Å². The highest BCUT2D eigenvalue weighted by atomic mass is 16.2. The summed E-state index contributed by atoms with van der Waals surface area (Å²) in [5, 5.41) is 5.80. The van der Waals surface area contributed by atoms with Crippen LogP contribution in [0.25, 0.3) is 0 Å². The van der Waals surface area contributed by atoms with E-state index in [4.69, 9.17) is 0 Å². The monoisotopic (exact) mass is 303 g/mol. The Bertz CT molecular complexity index is 494. The molecule has 1 saturated heterocycles. The van der Waals surface area contributed by atoms with Crippen molar-refractivity contribution in [1.29, 1.82) is 0 Å². The molecule has 1 heterocycles. The second-order valence-corrected chi connectivity index (χ2v) is 6.22. The first kappa shape index (κ1) is 16.3. The average molecular weight is 303 g/mol. The third kappa shape index (κ3) is 5.06. The van der Waals surface area contributed by atoms with Crippen LogP contribution in [0.1, 0.15) is 33.1 Å². The summed E-state index contributed by atoms with van der Waals surface area (Å²) in [4.78, 5) is 25.9. The summed E-state index contributed by atoms with van der Waals surface area (Å²) < 4.78 is 0. The summed E-state index contributed by atoms with van der Waals surface area (Å²) in [5.41, 5.74) is 0.782. The highest BCUT2D eigenvalue weighted by molar-refractivity contribution is 5.89. The van der Waals surface area contributed by atoms with Crippen molar-refractivity contribution in [2.75, 3.05) is 18.4 Å². The fourth-order valence-corrected chi connectivity index (χ4v) is 2.63. The number of rotatable bonds is 4. The molecular formula is C17H25N3O2. The van der Waals surface area contributed by atoms with Gasteiger partial charge in [0.25, 0.3) is 0 Å². The summed E-state index contributed by atoms with van der Waals surface area (Å²) in [6, 6.07) is 9.33. The molecular weight excluding hydrogens is 278 g/mol. The molecule has 22 heavy (non-hydrogen) atoms. The predicted octanol–water partition coefficient (Wildman–Crippen LogP) is 2.85. The molecule has 5 heteroatoms. The largest absolute Gasteiger partial charge is 0.343 e. The van der Waals surface area contributed by atoms with Crippen molar-refractivity contribution < 1.29 is 9.59 Å². The SMILES string of the molecule is CC(C)CC(=O)N1CCC(NC(=O)Nc2ccccc2)CC1. The number of hydrogen-bond donors (Lipinski definition) is 2. The molecule has 1 fully saturated rings. The Kier molecular flexibility index (Phi) is 5.81. The van der Waals surface area contributed by atoms with Crippen LogP contribution in [0.3, 0.4) is 0 Å². The van der Waals surface area contributed by atoms with Crippen LogP contribution in [-0.4, -0.2) is 36.0 Å². The first-order chi connectivity index (χ1) is 10.5. The minimum absolute atomic E-state index is 0.131. The normalized spacial score (nSPS) is 15.7. The molecule has 0 atom stereocenters. The number of anilines is 1. The summed E-state index contributed by atoms with van der Waals surface area (Å²) in [7, 11) is 0. The molecule has 2 N–H and O–H groups in total. The Morgan fingerprint density at radius 2 is 1.82 bits per heavy atom. The Morgan fingerprint density at radius 3 is 2.41 bits per heavy atom. The molecule has 1 aromatic rings. The lowest BCUT2D eigenvalue weighted by Gasteiger charge is -2.32. The zero-order valence-electron chi connectivity index (χ0n) is 13.3. The Morgan fingerprint density at radius 1 is 1.18 bits per heavy atom. The van der Waals surface area contributed by atoms with Crippen LogP contribution >= 0.6 is 0 Å². The van der Waals surface area contributed by atoms with Crippen LogP contribution in [0.5, 0.6) is 0 Å². The lowest BCUT2D eigenvalue weighted by Crippen LogP contribution is -2.47. The Labute approximate surface area is 132 Å². The summed E-state index contributed by atoms with van der Waals surface area (Å²) >= 11 is 0. The number of carbonyl (C=O) groups is 2. The highest BCUT2D eigenvalue weighted by Crippen LogP contribution is 2.14. The zero-order chi connectivity index (χ0) is 15.9. The smallest absolute Gasteiger partial charge is 0.319 e. The van der Waals surface area contributed by atoms with Gasteiger partial charge in [0.1, 0.15) is 0 Å². The van der Waals surface area contributed by atoms with Gasteiger partial charge in [-0.15, -0.1) is 0 Å². The van der Waals surface area contributed by atoms with Crippen molar-refractivity contribution in [1.82, 2.24) is 10.2 Å². The number of amides is 3. The number of benzene rings is 1. The summed E-state index contributed by atoms with van der Waals surface area (Å²) in [5.74, 6) is 0.613. The van der Waals surface area contributed by atoms with E-state index in [0.717, 1.165) is 31.6 Å². The van der Waals surface area contributed by atoms with E-state index in [-0.39, 0.29) is 18.0 Å². The summed E-state index contributed by atoms with van der Waals surface area (Å²) in [6.45, 7) is 5.56. The van der Waals surface area contributed by atoms with Crippen LogP contribution in [0.15, 0.2) is 30.3 Å². The van der Waals surface area contributed by atoms with E-state index in [1.165, 1.54) is 0 Å². The van der Waals surface area contributed by atoms with E-state index < -0.39 is 0 Å². The van der Waals surface area contributed by atoms with Crippen LogP contribution in [-0.2, 0) is 4.79 Å². The third-order valence-electron chi connectivity index (χ3n) is 3.80. The molecule has 2 rings (SSSR count). The standard InChI is InChI=1S/C17H25N3O2/c1-13(2)12-16(21)20-10-8-15(9-11-20)19-17(22)18-14-6-4-3-5-7-14/h3-7,13,15H,8-12H2,1-2H3,(H2,18,19,22). The number of para-hydroxylation sites is 1. The lowest BCUT2D eigenvalue weighted by molar-refractivity contribution is -0.133. The average Bonchev–Trinajstić information content (AvgIpc) is 2.48. The quantitative estimate of drug-likeness (QED) is 0.898. The van der Waals surface area contributed by atoms with Gasteiger partial charge in [-0.05, 0) is 30.9 Å². The zero-order valence-corrected chi connectivity index (χ0v) is 13.3. The van der Waals surface area contributed by atoms with Crippen LogP contribution in [0, 0.1) is 5.92 Å². The van der Waals surface area contributed by atoms with Gasteiger partial charge in [-0.3, -0.25) is 4.79 Å². The van der Waals surface area contributed by atoms with Crippen molar-refractivity contribution in [2.24, 2.45) is 5.92 Å². The topological polar surface area (TPSA) is 61.4 Å². The number of nitrogens with one attached hydrogen (secondary N) is 2.